The zero-order valence-corrected chi connectivity index (χ0v) is 26.2. The Kier molecular flexibility index (Phi) is 9.84. The average molecular weight is 646 g/mol. The van der Waals surface area contributed by atoms with E-state index in [1.807, 2.05) is 6.07 Å². The summed E-state index contributed by atoms with van der Waals surface area (Å²) in [6.45, 7) is 0.130. The third-order valence-corrected chi connectivity index (χ3v) is 10.1. The van der Waals surface area contributed by atoms with E-state index in [1.54, 1.807) is 36.4 Å². The first-order chi connectivity index (χ1) is 21.5. The molecule has 1 saturated carbocycles. The number of hydrogen-bond acceptors (Lipinski definition) is 7. The summed E-state index contributed by atoms with van der Waals surface area (Å²) in [5.41, 5.74) is 2.50. The Bertz CT molecular complexity index is 1690. The first-order valence-corrected chi connectivity index (χ1v) is 16.8. The van der Waals surface area contributed by atoms with Crippen LogP contribution in [0.15, 0.2) is 42.5 Å². The van der Waals surface area contributed by atoms with Crippen LogP contribution in [-0.2, 0) is 16.4 Å². The van der Waals surface area contributed by atoms with Gasteiger partial charge in [-0.05, 0) is 68.0 Å². The minimum atomic E-state index is -4.43. The number of ether oxygens (including phenoxy) is 1. The summed E-state index contributed by atoms with van der Waals surface area (Å²) in [6, 6.07) is 12.5. The number of carbonyl (C=O) groups excluding carboxylic acids is 1. The maximum absolute atomic E-state index is 13.7. The van der Waals surface area contributed by atoms with Gasteiger partial charge in [-0.2, -0.15) is 13.2 Å². The number of sulfone groups is 1. The van der Waals surface area contributed by atoms with E-state index >= 15 is 0 Å². The van der Waals surface area contributed by atoms with E-state index < -0.39 is 22.6 Å². The number of alkyl halides is 3. The van der Waals surface area contributed by atoms with Crippen molar-refractivity contribution in [2.24, 2.45) is 0 Å². The highest BCUT2D eigenvalue weighted by molar-refractivity contribution is 7.91. The van der Waals surface area contributed by atoms with Gasteiger partial charge in [0.15, 0.2) is 9.84 Å². The van der Waals surface area contributed by atoms with Crippen molar-refractivity contribution in [3.8, 4) is 17.6 Å². The van der Waals surface area contributed by atoms with Gasteiger partial charge in [0.2, 0.25) is 0 Å². The van der Waals surface area contributed by atoms with E-state index in [0.717, 1.165) is 31.4 Å². The van der Waals surface area contributed by atoms with Crippen LogP contribution in [0, 0.1) is 11.8 Å². The fraction of sp³-hybridized carbons (Fsp3) is 0.469. The van der Waals surface area contributed by atoms with E-state index in [-0.39, 0.29) is 35.7 Å². The molecule has 3 N–H and O–H groups in total. The van der Waals surface area contributed by atoms with Gasteiger partial charge >= 0.3 is 6.18 Å². The number of nitrogens with one attached hydrogen (secondary N) is 3. The number of rotatable bonds is 8. The quantitative estimate of drug-likeness (QED) is 0.310. The summed E-state index contributed by atoms with van der Waals surface area (Å²) in [6.07, 6.45) is -0.785. The topological polar surface area (TPSA) is 105 Å². The van der Waals surface area contributed by atoms with E-state index in [4.69, 9.17) is 4.74 Å². The van der Waals surface area contributed by atoms with Gasteiger partial charge < -0.3 is 25.3 Å². The summed E-state index contributed by atoms with van der Waals surface area (Å²) in [4.78, 5) is 14.2. The summed E-state index contributed by atoms with van der Waals surface area (Å²) >= 11 is 0. The summed E-state index contributed by atoms with van der Waals surface area (Å²) < 4.78 is 71.2. The molecule has 45 heavy (non-hydrogen) atoms. The molecule has 5 rings (SSSR count). The van der Waals surface area contributed by atoms with Crippen molar-refractivity contribution in [1.29, 1.82) is 0 Å². The Morgan fingerprint density at radius 2 is 1.78 bits per heavy atom. The molecule has 0 spiro atoms. The van der Waals surface area contributed by atoms with Crippen LogP contribution in [0.25, 0.3) is 10.9 Å². The number of anilines is 2. The van der Waals surface area contributed by atoms with E-state index in [0.29, 0.717) is 47.0 Å². The molecule has 0 bridgehead atoms. The van der Waals surface area contributed by atoms with Crippen molar-refractivity contribution in [3.05, 3.63) is 53.7 Å². The largest absolute Gasteiger partial charge is 0.495 e. The third kappa shape index (κ3) is 8.04. The summed E-state index contributed by atoms with van der Waals surface area (Å²) in [7, 11) is 0.0928. The molecule has 9 nitrogen and oxygen atoms in total. The van der Waals surface area contributed by atoms with Gasteiger partial charge in [0, 0.05) is 48.9 Å². The smallest absolute Gasteiger partial charge is 0.406 e. The maximum atomic E-state index is 13.7. The molecule has 2 heterocycles. The lowest BCUT2D eigenvalue weighted by Crippen LogP contribution is -2.48. The number of methoxy groups -OCH3 is 1. The molecule has 242 valence electrons. The van der Waals surface area contributed by atoms with Crippen LogP contribution >= 0.6 is 0 Å². The van der Waals surface area contributed by atoms with Crippen molar-refractivity contribution in [2.45, 2.75) is 50.5 Å². The lowest BCUT2D eigenvalue weighted by Gasteiger charge is -2.39. The predicted molar refractivity (Wildman–Crippen MR) is 170 cm³/mol. The first-order valence-electron chi connectivity index (χ1n) is 15.0. The number of halogens is 3. The molecule has 1 amide bonds. The van der Waals surface area contributed by atoms with E-state index in [9.17, 15) is 26.4 Å². The molecule has 13 heteroatoms. The summed E-state index contributed by atoms with van der Waals surface area (Å²) in [5.74, 6) is 6.46. The molecule has 1 saturated heterocycles. The third-order valence-electron chi connectivity index (χ3n) is 8.51. The lowest BCUT2D eigenvalue weighted by molar-refractivity contribution is -0.140. The molecule has 1 aliphatic carbocycles. The number of nitrogens with zero attached hydrogens (tertiary/aromatic N) is 2. The van der Waals surface area contributed by atoms with Gasteiger partial charge in [-0.3, -0.25) is 9.69 Å². The van der Waals surface area contributed by atoms with E-state index in [2.05, 4.69) is 32.7 Å². The molecule has 1 aliphatic heterocycles. The van der Waals surface area contributed by atoms with Crippen molar-refractivity contribution in [1.82, 2.24) is 14.8 Å². The lowest BCUT2D eigenvalue weighted by atomic mass is 9.90. The molecule has 2 aromatic carbocycles. The fourth-order valence-corrected chi connectivity index (χ4v) is 7.39. The number of amides is 1. The fourth-order valence-electron chi connectivity index (χ4n) is 6.16. The van der Waals surface area contributed by atoms with Gasteiger partial charge in [-0.15, -0.1) is 0 Å². The minimum Gasteiger partial charge on any atom is -0.495 e. The number of fused-ring (bicyclic) bond motifs is 1. The molecular formula is C32H38F3N5O4S. The molecule has 0 unspecified atom stereocenters. The van der Waals surface area contributed by atoms with Gasteiger partial charge in [0.1, 0.15) is 12.3 Å². The van der Waals surface area contributed by atoms with Gasteiger partial charge in [0.05, 0.1) is 42.1 Å². The average Bonchev–Trinajstić information content (AvgIpc) is 3.35. The Morgan fingerprint density at radius 1 is 1.04 bits per heavy atom. The highest BCUT2D eigenvalue weighted by atomic mass is 32.2. The first kappa shape index (κ1) is 32.5. The van der Waals surface area contributed by atoms with Crippen LogP contribution in [0.2, 0.25) is 0 Å². The second kappa shape index (κ2) is 13.6. The van der Waals surface area contributed by atoms with Crippen LogP contribution in [0.3, 0.4) is 0 Å². The zero-order valence-electron chi connectivity index (χ0n) is 25.3. The second-order valence-corrected chi connectivity index (χ2v) is 13.8. The molecule has 3 aromatic rings. The Balaban J connectivity index is 1.30. The Morgan fingerprint density at radius 3 is 2.44 bits per heavy atom. The number of benzene rings is 2. The van der Waals surface area contributed by atoms with Crippen molar-refractivity contribution >= 4 is 38.0 Å². The van der Waals surface area contributed by atoms with Crippen LogP contribution in [0.1, 0.15) is 41.7 Å². The number of aromatic nitrogens is 1. The van der Waals surface area contributed by atoms with Crippen molar-refractivity contribution in [2.75, 3.05) is 55.9 Å². The molecule has 2 fully saturated rings. The van der Waals surface area contributed by atoms with Crippen LogP contribution in [0.5, 0.6) is 5.75 Å². The van der Waals surface area contributed by atoms with Gasteiger partial charge in [-0.1, -0.05) is 12.0 Å². The number of hydrogen-bond donors (Lipinski definition) is 3. The van der Waals surface area contributed by atoms with Crippen LogP contribution in [-0.4, -0.2) is 87.3 Å². The SMILES string of the molecule is CNC(=O)c1ccc(NCC#Cc2cc3c(N[C@H]4CC[C@@H](N5CCS(=O)(=O)CC5)CC4)cccc3n2CC(F)(F)F)c(OC)c1. The zero-order chi connectivity index (χ0) is 32.2. The van der Waals surface area contributed by atoms with Crippen LogP contribution < -0.4 is 20.7 Å². The highest BCUT2D eigenvalue weighted by Crippen LogP contribution is 2.33. The number of carbonyl (C=O) groups is 1. The summed E-state index contributed by atoms with van der Waals surface area (Å²) in [5, 5.41) is 9.91. The Hall–Kier alpha value is -3.89. The standard InChI is InChI=1S/C32H38F3N5O4S/c1-36-31(41)22-8-13-28(30(19-22)44-2)37-14-4-5-25-20-26-27(6-3-7-29(26)40(25)21-32(33,34)35)38-23-9-11-24(12-10-23)39-15-17-45(42,43)18-16-39/h3,6-8,13,19-20,23-24,37-38H,9-12,14-18,21H2,1-2H3,(H,36,41)/t23-,24+. The van der Waals surface area contributed by atoms with E-state index in [1.165, 1.54) is 18.7 Å². The molecular weight excluding hydrogens is 607 g/mol. The van der Waals surface area contributed by atoms with Crippen molar-refractivity contribution in [3.63, 3.8) is 0 Å². The molecule has 0 atom stereocenters. The second-order valence-electron chi connectivity index (χ2n) is 11.5. The molecule has 2 aliphatic rings. The van der Waals surface area contributed by atoms with Gasteiger partial charge in [0.25, 0.3) is 5.91 Å². The monoisotopic (exact) mass is 645 g/mol. The molecule has 1 aromatic heterocycles. The molecule has 0 radical (unpaired) electrons. The van der Waals surface area contributed by atoms with Crippen LogP contribution in [0.4, 0.5) is 24.5 Å². The normalized spacial score (nSPS) is 20.2. The van der Waals surface area contributed by atoms with Crippen molar-refractivity contribution < 1.29 is 31.1 Å². The predicted octanol–water partition coefficient (Wildman–Crippen LogP) is 4.49. The highest BCUT2D eigenvalue weighted by Gasteiger charge is 2.32. The minimum absolute atomic E-state index is 0.139. The van der Waals surface area contributed by atoms with Gasteiger partial charge in [-0.25, -0.2) is 8.42 Å². The Labute approximate surface area is 261 Å². The maximum Gasteiger partial charge on any atom is 0.406 e.